The zero-order valence-corrected chi connectivity index (χ0v) is 14.9. The topological polar surface area (TPSA) is 67.4 Å². The smallest absolute Gasteiger partial charge is 0.311 e. The summed E-state index contributed by atoms with van der Waals surface area (Å²) >= 11 is 0. The first kappa shape index (κ1) is 20.5. The second-order valence-electron chi connectivity index (χ2n) is 5.93. The predicted octanol–water partition coefficient (Wildman–Crippen LogP) is 1.95. The van der Waals surface area contributed by atoms with E-state index in [0.717, 1.165) is 24.9 Å². The van der Waals surface area contributed by atoms with Crippen LogP contribution in [-0.4, -0.2) is 38.1 Å². The largest absolute Gasteiger partial charge is 0.466 e. The minimum atomic E-state index is -0.349. The second kappa shape index (κ2) is 11.0. The van der Waals surface area contributed by atoms with Gasteiger partial charge in [0.2, 0.25) is 5.91 Å². The molecule has 0 radical (unpaired) electrons. The van der Waals surface area contributed by atoms with Gasteiger partial charge in [-0.15, -0.1) is 12.4 Å². The molecular weight excluding hydrogens is 328 g/mol. The van der Waals surface area contributed by atoms with Gasteiger partial charge in [0.05, 0.1) is 18.4 Å². The average Bonchev–Trinajstić information content (AvgIpc) is 2.60. The monoisotopic (exact) mass is 354 g/mol. The lowest BCUT2D eigenvalue weighted by atomic mass is 9.97. The minimum Gasteiger partial charge on any atom is -0.466 e. The Bertz CT molecular complexity index is 504. The van der Waals surface area contributed by atoms with E-state index < -0.39 is 0 Å². The van der Waals surface area contributed by atoms with Crippen molar-refractivity contribution in [1.29, 1.82) is 0 Å². The Balaban J connectivity index is 0.00000288. The van der Waals surface area contributed by atoms with Crippen LogP contribution in [0.4, 0.5) is 0 Å². The summed E-state index contributed by atoms with van der Waals surface area (Å²) < 4.78 is 5.15. The van der Waals surface area contributed by atoms with Crippen LogP contribution in [0.3, 0.4) is 0 Å². The maximum Gasteiger partial charge on any atom is 0.311 e. The fourth-order valence-corrected chi connectivity index (χ4v) is 2.84. The highest BCUT2D eigenvalue weighted by Gasteiger charge is 2.25. The molecule has 0 bridgehead atoms. The molecule has 134 valence electrons. The molecule has 1 saturated heterocycles. The standard InChI is InChI=1S/C18H26N2O3.ClH/c1-2-23-18(22)16(11-14-7-4-3-5-8-14)13-20-17(21)15-9-6-10-19-12-15;/h3-5,7-8,15-16,19H,2,6,9-13H2,1H3,(H,20,21);1H. The normalized spacial score (nSPS) is 18.1. The molecule has 1 aliphatic heterocycles. The van der Waals surface area contributed by atoms with Crippen LogP contribution in [0.15, 0.2) is 30.3 Å². The first-order valence-electron chi connectivity index (χ1n) is 8.39. The van der Waals surface area contributed by atoms with Crippen molar-refractivity contribution in [2.45, 2.75) is 26.2 Å². The van der Waals surface area contributed by atoms with Crippen molar-refractivity contribution in [3.05, 3.63) is 35.9 Å². The van der Waals surface area contributed by atoms with Gasteiger partial charge < -0.3 is 15.4 Å². The number of carbonyl (C=O) groups is 2. The molecule has 1 amide bonds. The Kier molecular flexibility index (Phi) is 9.42. The predicted molar refractivity (Wildman–Crippen MR) is 96.1 cm³/mol. The van der Waals surface area contributed by atoms with E-state index in [4.69, 9.17) is 4.74 Å². The van der Waals surface area contributed by atoms with Gasteiger partial charge in [-0.3, -0.25) is 9.59 Å². The summed E-state index contributed by atoms with van der Waals surface area (Å²) in [6, 6.07) is 9.81. The van der Waals surface area contributed by atoms with Gasteiger partial charge in [0, 0.05) is 13.1 Å². The Morgan fingerprint density at radius 3 is 2.71 bits per heavy atom. The number of hydrogen-bond acceptors (Lipinski definition) is 4. The van der Waals surface area contributed by atoms with Gasteiger partial charge in [-0.05, 0) is 38.3 Å². The van der Waals surface area contributed by atoms with Crippen molar-refractivity contribution in [3.8, 4) is 0 Å². The van der Waals surface area contributed by atoms with E-state index in [2.05, 4.69) is 10.6 Å². The number of amides is 1. The fraction of sp³-hybridized carbons (Fsp3) is 0.556. The SMILES string of the molecule is CCOC(=O)C(CNC(=O)C1CCCNC1)Cc1ccccc1.Cl. The van der Waals surface area contributed by atoms with Gasteiger partial charge in [-0.2, -0.15) is 0 Å². The van der Waals surface area contributed by atoms with Gasteiger partial charge in [0.15, 0.2) is 0 Å². The zero-order chi connectivity index (χ0) is 16.5. The Hall–Kier alpha value is -1.59. The highest BCUT2D eigenvalue weighted by atomic mass is 35.5. The van der Waals surface area contributed by atoms with Crippen molar-refractivity contribution in [1.82, 2.24) is 10.6 Å². The molecule has 6 heteroatoms. The van der Waals surface area contributed by atoms with Gasteiger partial charge in [-0.1, -0.05) is 30.3 Å². The molecule has 1 heterocycles. The van der Waals surface area contributed by atoms with E-state index >= 15 is 0 Å². The van der Waals surface area contributed by atoms with Crippen LogP contribution in [0.5, 0.6) is 0 Å². The lowest BCUT2D eigenvalue weighted by Crippen LogP contribution is -2.43. The summed E-state index contributed by atoms with van der Waals surface area (Å²) in [6.45, 7) is 4.16. The Labute approximate surface area is 149 Å². The van der Waals surface area contributed by atoms with Crippen molar-refractivity contribution < 1.29 is 14.3 Å². The molecular formula is C18H27ClN2O3. The summed E-state index contributed by atoms with van der Waals surface area (Å²) in [5.74, 6) is -0.570. The highest BCUT2D eigenvalue weighted by Crippen LogP contribution is 2.12. The number of hydrogen-bond donors (Lipinski definition) is 2. The van der Waals surface area contributed by atoms with Crippen LogP contribution < -0.4 is 10.6 Å². The summed E-state index contributed by atoms with van der Waals surface area (Å²) in [4.78, 5) is 24.4. The molecule has 2 atom stereocenters. The Morgan fingerprint density at radius 1 is 1.33 bits per heavy atom. The van der Waals surface area contributed by atoms with Gasteiger partial charge >= 0.3 is 5.97 Å². The zero-order valence-electron chi connectivity index (χ0n) is 14.1. The van der Waals surface area contributed by atoms with E-state index in [0.29, 0.717) is 26.1 Å². The molecule has 1 aromatic carbocycles. The molecule has 2 N–H and O–H groups in total. The maximum atomic E-state index is 12.2. The minimum absolute atomic E-state index is 0. The first-order valence-corrected chi connectivity index (χ1v) is 8.39. The third-order valence-corrected chi connectivity index (χ3v) is 4.14. The van der Waals surface area contributed by atoms with E-state index in [-0.39, 0.29) is 36.1 Å². The van der Waals surface area contributed by atoms with Crippen LogP contribution in [0.2, 0.25) is 0 Å². The molecule has 2 rings (SSSR count). The van der Waals surface area contributed by atoms with Crippen LogP contribution in [0.25, 0.3) is 0 Å². The lowest BCUT2D eigenvalue weighted by Gasteiger charge is -2.23. The Morgan fingerprint density at radius 2 is 2.08 bits per heavy atom. The van der Waals surface area contributed by atoms with Crippen LogP contribution in [0.1, 0.15) is 25.3 Å². The third kappa shape index (κ3) is 6.49. The van der Waals surface area contributed by atoms with Gasteiger partial charge in [0.25, 0.3) is 0 Å². The number of esters is 1. The number of piperidine rings is 1. The molecule has 0 aliphatic carbocycles. The fourth-order valence-electron chi connectivity index (χ4n) is 2.84. The summed E-state index contributed by atoms with van der Waals surface area (Å²) in [6.07, 6.45) is 2.49. The number of carbonyl (C=O) groups excluding carboxylic acids is 2. The quantitative estimate of drug-likeness (QED) is 0.734. The lowest BCUT2D eigenvalue weighted by molar-refractivity contribution is -0.148. The molecule has 1 fully saturated rings. The number of nitrogens with one attached hydrogen (secondary N) is 2. The number of ether oxygens (including phenoxy) is 1. The van der Waals surface area contributed by atoms with E-state index in [9.17, 15) is 9.59 Å². The summed E-state index contributed by atoms with van der Waals surface area (Å²) in [5.41, 5.74) is 1.07. The number of benzene rings is 1. The summed E-state index contributed by atoms with van der Waals surface area (Å²) in [7, 11) is 0. The highest BCUT2D eigenvalue weighted by molar-refractivity contribution is 5.85. The van der Waals surface area contributed by atoms with Gasteiger partial charge in [0.1, 0.15) is 0 Å². The molecule has 5 nitrogen and oxygen atoms in total. The van der Waals surface area contributed by atoms with Crippen molar-refractivity contribution in [2.75, 3.05) is 26.2 Å². The van der Waals surface area contributed by atoms with Crippen LogP contribution in [-0.2, 0) is 20.7 Å². The molecule has 1 aromatic rings. The van der Waals surface area contributed by atoms with Crippen LogP contribution in [0, 0.1) is 11.8 Å². The van der Waals surface area contributed by atoms with Gasteiger partial charge in [-0.25, -0.2) is 0 Å². The van der Waals surface area contributed by atoms with E-state index in [1.807, 2.05) is 30.3 Å². The molecule has 24 heavy (non-hydrogen) atoms. The molecule has 2 unspecified atom stereocenters. The van der Waals surface area contributed by atoms with Crippen LogP contribution >= 0.6 is 12.4 Å². The third-order valence-electron chi connectivity index (χ3n) is 4.14. The molecule has 1 aliphatic rings. The van der Waals surface area contributed by atoms with Crippen molar-refractivity contribution in [3.63, 3.8) is 0 Å². The van der Waals surface area contributed by atoms with E-state index in [1.54, 1.807) is 6.92 Å². The molecule has 0 aromatic heterocycles. The second-order valence-corrected chi connectivity index (χ2v) is 5.93. The van der Waals surface area contributed by atoms with Crippen molar-refractivity contribution >= 4 is 24.3 Å². The number of halogens is 1. The number of rotatable bonds is 7. The molecule has 0 saturated carbocycles. The maximum absolute atomic E-state index is 12.2. The van der Waals surface area contributed by atoms with E-state index in [1.165, 1.54) is 0 Å². The van der Waals surface area contributed by atoms with Crippen molar-refractivity contribution in [2.24, 2.45) is 11.8 Å². The average molecular weight is 355 g/mol. The first-order chi connectivity index (χ1) is 11.2. The summed E-state index contributed by atoms with van der Waals surface area (Å²) in [5, 5.41) is 6.17. The molecule has 0 spiro atoms.